The maximum Gasteiger partial charge on any atom is 0.415 e. The van der Waals surface area contributed by atoms with Gasteiger partial charge in [-0.05, 0) is 82.7 Å². The van der Waals surface area contributed by atoms with Crippen LogP contribution in [0.4, 0.5) is 15.0 Å². The molecule has 1 amide bonds. The van der Waals surface area contributed by atoms with Crippen LogP contribution in [0.3, 0.4) is 0 Å². The molecule has 47 heavy (non-hydrogen) atoms. The summed E-state index contributed by atoms with van der Waals surface area (Å²) >= 11 is 0. The van der Waals surface area contributed by atoms with E-state index in [1.54, 1.807) is 17.0 Å². The van der Waals surface area contributed by atoms with Crippen LogP contribution in [0.5, 0.6) is 0 Å². The number of anilines is 1. The average Bonchev–Trinajstić information content (AvgIpc) is 2.96. The van der Waals surface area contributed by atoms with Crippen LogP contribution in [0.15, 0.2) is 30.3 Å². The van der Waals surface area contributed by atoms with Crippen molar-refractivity contribution in [2.75, 3.05) is 18.1 Å². The molecule has 0 N–H and O–H groups in total. The van der Waals surface area contributed by atoms with E-state index in [4.69, 9.17) is 23.9 Å². The third kappa shape index (κ3) is 9.81. The van der Waals surface area contributed by atoms with E-state index in [0.717, 1.165) is 46.7 Å². The van der Waals surface area contributed by atoms with Crippen LogP contribution in [0.25, 0.3) is 17.2 Å². The first-order valence-electron chi connectivity index (χ1n) is 16.8. The van der Waals surface area contributed by atoms with Gasteiger partial charge in [0.05, 0.1) is 30.1 Å². The molecule has 1 saturated heterocycles. The average molecular weight is 669 g/mol. The summed E-state index contributed by atoms with van der Waals surface area (Å²) in [5.74, 6) is -0.668. The van der Waals surface area contributed by atoms with Gasteiger partial charge in [0.1, 0.15) is 17.7 Å². The number of halogens is 1. The molecular formula is C37H53FN2O6Si. The summed E-state index contributed by atoms with van der Waals surface area (Å²) in [5, 5.41) is 0. The number of pyridine rings is 1. The smallest absolute Gasteiger partial charge is 0.415 e. The van der Waals surface area contributed by atoms with Gasteiger partial charge in [0.15, 0.2) is 12.1 Å². The molecule has 1 fully saturated rings. The van der Waals surface area contributed by atoms with Crippen molar-refractivity contribution < 1.29 is 32.9 Å². The molecule has 2 aliphatic heterocycles. The predicted octanol–water partition coefficient (Wildman–Crippen LogP) is 8.54. The fourth-order valence-electron chi connectivity index (χ4n) is 6.08. The molecule has 2 aromatic rings. The zero-order chi connectivity index (χ0) is 34.7. The Morgan fingerprint density at radius 2 is 1.85 bits per heavy atom. The van der Waals surface area contributed by atoms with Crippen LogP contribution in [0.2, 0.25) is 25.7 Å². The molecule has 8 nitrogen and oxygen atoms in total. The minimum atomic E-state index is -1.38. The number of ether oxygens (including phenoxy) is 4. The summed E-state index contributed by atoms with van der Waals surface area (Å²) in [6, 6.07) is 7.36. The number of hydrogen-bond acceptors (Lipinski definition) is 7. The molecule has 3 heterocycles. The maximum atomic E-state index is 14.2. The number of carbonyl (C=O) groups excluding carboxylic acids is 2. The molecule has 1 unspecified atom stereocenters. The number of nitrogens with zero attached hydrogens (tertiary/aromatic N) is 2. The molecule has 0 radical (unpaired) electrons. The number of benzene rings is 1. The summed E-state index contributed by atoms with van der Waals surface area (Å²) in [6.07, 6.45) is 4.66. The second-order valence-electron chi connectivity index (χ2n) is 15.6. The monoisotopic (exact) mass is 668 g/mol. The maximum absolute atomic E-state index is 14.2. The van der Waals surface area contributed by atoms with Crippen LogP contribution in [-0.4, -0.2) is 68.3 Å². The van der Waals surface area contributed by atoms with Crippen LogP contribution >= 0.6 is 0 Å². The lowest BCUT2D eigenvalue weighted by Gasteiger charge is -2.42. The molecule has 1 aromatic heterocycles. The lowest BCUT2D eigenvalue weighted by molar-refractivity contribution is -0.307. The summed E-state index contributed by atoms with van der Waals surface area (Å²) in [6.45, 7) is 21.2. The number of aldehydes is 1. The highest BCUT2D eigenvalue weighted by Gasteiger charge is 2.40. The van der Waals surface area contributed by atoms with E-state index in [-0.39, 0.29) is 23.9 Å². The van der Waals surface area contributed by atoms with E-state index in [0.29, 0.717) is 31.8 Å². The first kappa shape index (κ1) is 36.9. The van der Waals surface area contributed by atoms with Gasteiger partial charge in [-0.25, -0.2) is 14.2 Å². The van der Waals surface area contributed by atoms with Crippen LogP contribution in [0, 0.1) is 5.82 Å². The van der Waals surface area contributed by atoms with Gasteiger partial charge in [0.2, 0.25) is 0 Å². The third-order valence-corrected chi connectivity index (χ3v) is 9.89. The summed E-state index contributed by atoms with van der Waals surface area (Å²) in [5.41, 5.74) is 3.86. The van der Waals surface area contributed by atoms with Gasteiger partial charge in [0.25, 0.3) is 0 Å². The highest BCUT2D eigenvalue weighted by atomic mass is 28.3. The molecule has 1 aromatic carbocycles. The number of carbonyl (C=O) groups is 2. The quantitative estimate of drug-likeness (QED) is 0.185. The van der Waals surface area contributed by atoms with E-state index in [9.17, 15) is 14.0 Å². The molecule has 2 aliphatic rings. The highest BCUT2D eigenvalue weighted by Crippen LogP contribution is 2.41. The van der Waals surface area contributed by atoms with Crippen molar-refractivity contribution >= 4 is 32.3 Å². The van der Waals surface area contributed by atoms with Crippen LogP contribution in [0.1, 0.15) is 84.0 Å². The number of fused-ring (bicyclic) bond motifs is 1. The van der Waals surface area contributed by atoms with Gasteiger partial charge in [-0.15, -0.1) is 0 Å². The Kier molecular flexibility index (Phi) is 11.5. The third-order valence-electron chi connectivity index (χ3n) is 8.19. The number of rotatable bonds is 10. The van der Waals surface area contributed by atoms with Crippen molar-refractivity contribution in [3.8, 4) is 11.1 Å². The summed E-state index contributed by atoms with van der Waals surface area (Å²) < 4.78 is 38.5. The van der Waals surface area contributed by atoms with Gasteiger partial charge < -0.3 is 23.7 Å². The molecule has 3 atom stereocenters. The van der Waals surface area contributed by atoms with E-state index in [2.05, 4.69) is 33.5 Å². The fourth-order valence-corrected chi connectivity index (χ4v) is 6.80. The lowest BCUT2D eigenvalue weighted by atomic mass is 9.87. The first-order chi connectivity index (χ1) is 21.9. The van der Waals surface area contributed by atoms with E-state index in [1.807, 2.05) is 46.8 Å². The van der Waals surface area contributed by atoms with Crippen molar-refractivity contribution in [1.29, 1.82) is 0 Å². The zero-order valence-electron chi connectivity index (χ0n) is 29.8. The topological polar surface area (TPSA) is 87.2 Å². The first-order valence-corrected chi connectivity index (χ1v) is 20.5. The van der Waals surface area contributed by atoms with Crippen molar-refractivity contribution in [2.45, 2.75) is 129 Å². The van der Waals surface area contributed by atoms with Crippen LogP contribution in [-0.2, 0) is 30.2 Å². The molecule has 4 rings (SSSR count). The van der Waals surface area contributed by atoms with Crippen molar-refractivity contribution in [3.63, 3.8) is 0 Å². The summed E-state index contributed by atoms with van der Waals surface area (Å²) in [7, 11) is -1.38. The van der Waals surface area contributed by atoms with Gasteiger partial charge in [-0.2, -0.15) is 0 Å². The second kappa shape index (κ2) is 14.7. The molecule has 0 bridgehead atoms. The Morgan fingerprint density at radius 3 is 2.45 bits per heavy atom. The van der Waals surface area contributed by atoms with Gasteiger partial charge in [0, 0.05) is 32.2 Å². The minimum Gasteiger partial charge on any atom is -0.449 e. The molecule has 258 valence electrons. The standard InChI is InChI=1S/C37H53FN2O6Si/c1-24(2)33-28(18-17-27-22-30(46-37(6,7)44-27)31(23-41)45-36(3,4)5)32(25-13-15-26(38)16-14-25)29-12-11-19-40(34(29)39-33)35(42)43-20-21-47(8,9)10/h13-18,23-24,27,30-31H,11-12,19-22H2,1-10H3/b18-17+/t27-,30-,31?/m1/s1. The van der Waals surface area contributed by atoms with E-state index >= 15 is 0 Å². The normalized spacial score (nSPS) is 20.7. The molecule has 0 saturated carbocycles. The lowest BCUT2D eigenvalue weighted by Crippen LogP contribution is -2.50. The Morgan fingerprint density at radius 1 is 1.17 bits per heavy atom. The number of aromatic nitrogens is 1. The molecule has 0 spiro atoms. The Labute approximate surface area is 281 Å². The second-order valence-corrected chi connectivity index (χ2v) is 21.2. The Balaban J connectivity index is 1.78. The largest absolute Gasteiger partial charge is 0.449 e. The van der Waals surface area contributed by atoms with Crippen LogP contribution < -0.4 is 4.90 Å². The van der Waals surface area contributed by atoms with Gasteiger partial charge in [-0.3, -0.25) is 4.90 Å². The van der Waals surface area contributed by atoms with Gasteiger partial charge in [-0.1, -0.05) is 57.8 Å². The molecule has 10 heteroatoms. The fraction of sp³-hybridized carbons (Fsp3) is 0.595. The van der Waals surface area contributed by atoms with E-state index < -0.39 is 31.7 Å². The summed E-state index contributed by atoms with van der Waals surface area (Å²) in [4.78, 5) is 32.4. The molecule has 0 aliphatic carbocycles. The SMILES string of the molecule is CC(C)c1nc2c(c(-c3ccc(F)cc3)c1/C=C/[C@@H]1C[C@H](C(C=O)OC(C)(C)C)OC(C)(C)O1)CCCN2C(=O)OCC[Si](C)(C)C. The Hall–Kier alpha value is -2.92. The highest BCUT2D eigenvalue weighted by molar-refractivity contribution is 6.76. The Bertz CT molecular complexity index is 1440. The van der Waals surface area contributed by atoms with Crippen molar-refractivity contribution in [1.82, 2.24) is 4.98 Å². The molecular weight excluding hydrogens is 615 g/mol. The van der Waals surface area contributed by atoms with Crippen molar-refractivity contribution in [2.24, 2.45) is 0 Å². The minimum absolute atomic E-state index is 0.00487. The van der Waals surface area contributed by atoms with Gasteiger partial charge >= 0.3 is 6.09 Å². The zero-order valence-corrected chi connectivity index (χ0v) is 30.8. The number of amides is 1. The predicted molar refractivity (Wildman–Crippen MR) is 187 cm³/mol. The van der Waals surface area contributed by atoms with Crippen molar-refractivity contribution in [3.05, 3.63) is 53.0 Å². The number of hydrogen-bond donors (Lipinski definition) is 0. The van der Waals surface area contributed by atoms with E-state index in [1.165, 1.54) is 12.1 Å².